The number of hydrogen-bond acceptors (Lipinski definition) is 2. The summed E-state index contributed by atoms with van der Waals surface area (Å²) < 4.78 is 0. The van der Waals surface area contributed by atoms with Crippen molar-refractivity contribution < 1.29 is 0 Å². The smallest absolute Gasteiger partial charge is 0.123 e. The number of nitrogen functional groups attached to an aromatic ring is 1. The highest BCUT2D eigenvalue weighted by Crippen LogP contribution is 1.89. The standard InChI is InChI=1S/C5H6N2.BrH/c6-5-3-1-2-4-7-5;/h1-4H,(H2,6,7);1H. The predicted octanol–water partition coefficient (Wildman–Crippen LogP) is 1.24. The second-order valence-corrected chi connectivity index (χ2v) is 1.25. The summed E-state index contributed by atoms with van der Waals surface area (Å²) in [4.78, 5) is 3.76. The molecule has 3 heteroatoms. The zero-order chi connectivity index (χ0) is 5.11. The summed E-state index contributed by atoms with van der Waals surface area (Å²) >= 11 is 0. The number of aromatic nitrogens is 1. The molecule has 0 amide bonds. The average molecular weight is 175 g/mol. The Morgan fingerprint density at radius 1 is 1.38 bits per heavy atom. The highest BCUT2D eigenvalue weighted by molar-refractivity contribution is 8.93. The minimum absolute atomic E-state index is 0. The van der Waals surface area contributed by atoms with E-state index in [1.165, 1.54) is 0 Å². The van der Waals surface area contributed by atoms with Crippen molar-refractivity contribution in [2.45, 2.75) is 0 Å². The lowest BCUT2D eigenvalue weighted by Crippen LogP contribution is -1.85. The first-order valence-corrected chi connectivity index (χ1v) is 2.06. The van der Waals surface area contributed by atoms with Gasteiger partial charge in [0, 0.05) is 6.20 Å². The number of anilines is 1. The number of nitrogens with zero attached hydrogens (tertiary/aromatic N) is 1. The summed E-state index contributed by atoms with van der Waals surface area (Å²) in [5, 5.41) is 0. The summed E-state index contributed by atoms with van der Waals surface area (Å²) in [6, 6.07) is 5.43. The van der Waals surface area contributed by atoms with Gasteiger partial charge in [-0.3, -0.25) is 0 Å². The topological polar surface area (TPSA) is 38.9 Å². The highest BCUT2D eigenvalue weighted by Gasteiger charge is 1.73. The summed E-state index contributed by atoms with van der Waals surface area (Å²) in [5.41, 5.74) is 5.25. The van der Waals surface area contributed by atoms with E-state index < -0.39 is 0 Å². The quantitative estimate of drug-likeness (QED) is 0.644. The van der Waals surface area contributed by atoms with Crippen molar-refractivity contribution in [1.82, 2.24) is 4.98 Å². The monoisotopic (exact) mass is 174 g/mol. The normalized spacial score (nSPS) is 7.50. The van der Waals surface area contributed by atoms with Crippen molar-refractivity contribution in [2.75, 3.05) is 5.73 Å². The Hall–Kier alpha value is -0.570. The lowest BCUT2D eigenvalue weighted by atomic mass is 10.5. The Morgan fingerprint density at radius 2 is 2.12 bits per heavy atom. The van der Waals surface area contributed by atoms with Gasteiger partial charge in [-0.15, -0.1) is 17.0 Å². The van der Waals surface area contributed by atoms with Gasteiger partial charge in [-0.05, 0) is 12.1 Å². The molecule has 0 aliphatic heterocycles. The zero-order valence-corrected chi connectivity index (χ0v) is 5.96. The van der Waals surface area contributed by atoms with E-state index in [0.717, 1.165) is 0 Å². The minimum atomic E-state index is 0. The van der Waals surface area contributed by atoms with E-state index in [9.17, 15) is 0 Å². The minimum Gasteiger partial charge on any atom is -0.384 e. The van der Waals surface area contributed by atoms with Crippen LogP contribution in [-0.4, -0.2) is 4.98 Å². The van der Waals surface area contributed by atoms with Crippen LogP contribution in [0.5, 0.6) is 0 Å². The van der Waals surface area contributed by atoms with Crippen LogP contribution in [0.2, 0.25) is 0 Å². The van der Waals surface area contributed by atoms with Gasteiger partial charge in [-0.1, -0.05) is 6.07 Å². The fraction of sp³-hybridized carbons (Fsp3) is 0. The van der Waals surface area contributed by atoms with Gasteiger partial charge in [0.05, 0.1) is 0 Å². The molecule has 1 aromatic rings. The second kappa shape index (κ2) is 3.43. The second-order valence-electron chi connectivity index (χ2n) is 1.25. The molecule has 2 nitrogen and oxygen atoms in total. The van der Waals surface area contributed by atoms with Crippen LogP contribution in [0.25, 0.3) is 0 Å². The van der Waals surface area contributed by atoms with Gasteiger partial charge >= 0.3 is 0 Å². The number of hydrogen-bond donors (Lipinski definition) is 1. The van der Waals surface area contributed by atoms with Crippen molar-refractivity contribution in [3.05, 3.63) is 24.4 Å². The molecular formula is C5H7BrN2. The first-order chi connectivity index (χ1) is 3.39. The lowest BCUT2D eigenvalue weighted by molar-refractivity contribution is 1.34. The third kappa shape index (κ3) is 1.93. The van der Waals surface area contributed by atoms with E-state index in [1.807, 2.05) is 12.1 Å². The Balaban J connectivity index is 0.000000490. The van der Waals surface area contributed by atoms with Crippen LogP contribution in [-0.2, 0) is 0 Å². The lowest BCUT2D eigenvalue weighted by Gasteiger charge is -1.82. The van der Waals surface area contributed by atoms with Gasteiger partial charge in [-0.2, -0.15) is 0 Å². The van der Waals surface area contributed by atoms with Gasteiger partial charge in [0.1, 0.15) is 5.82 Å². The molecule has 0 saturated heterocycles. The fourth-order valence-electron chi connectivity index (χ4n) is 0.376. The third-order valence-electron chi connectivity index (χ3n) is 0.688. The molecule has 1 heterocycles. The molecule has 0 fully saturated rings. The van der Waals surface area contributed by atoms with Crippen LogP contribution in [0.4, 0.5) is 5.82 Å². The van der Waals surface area contributed by atoms with Crippen LogP contribution in [0.15, 0.2) is 24.4 Å². The maximum atomic E-state index is 5.25. The van der Waals surface area contributed by atoms with Gasteiger partial charge in [0.2, 0.25) is 0 Å². The molecule has 0 saturated carbocycles. The summed E-state index contributed by atoms with van der Waals surface area (Å²) in [7, 11) is 0. The van der Waals surface area contributed by atoms with Crippen LogP contribution in [0, 0.1) is 0 Å². The molecule has 2 N–H and O–H groups in total. The molecule has 1 rings (SSSR count). The van der Waals surface area contributed by atoms with E-state index in [2.05, 4.69) is 4.98 Å². The number of nitrogens with two attached hydrogens (primary N) is 1. The Kier molecular flexibility index (Phi) is 3.19. The average Bonchev–Trinajstić information content (AvgIpc) is 1.69. The zero-order valence-electron chi connectivity index (χ0n) is 4.24. The van der Waals surface area contributed by atoms with Crippen molar-refractivity contribution in [1.29, 1.82) is 0 Å². The molecule has 0 aliphatic rings. The van der Waals surface area contributed by atoms with Gasteiger partial charge in [0.25, 0.3) is 0 Å². The number of halogens is 1. The maximum absolute atomic E-state index is 5.25. The molecule has 0 radical (unpaired) electrons. The molecule has 0 aliphatic carbocycles. The van der Waals surface area contributed by atoms with Crippen LogP contribution in [0.1, 0.15) is 0 Å². The third-order valence-corrected chi connectivity index (χ3v) is 0.688. The molecule has 0 atom stereocenters. The fourth-order valence-corrected chi connectivity index (χ4v) is 0.376. The molecule has 0 unspecified atom stereocenters. The first-order valence-electron chi connectivity index (χ1n) is 2.06. The van der Waals surface area contributed by atoms with E-state index in [1.54, 1.807) is 12.3 Å². The van der Waals surface area contributed by atoms with E-state index in [4.69, 9.17) is 5.73 Å². The van der Waals surface area contributed by atoms with Gasteiger partial charge in [-0.25, -0.2) is 4.98 Å². The molecule has 1 aromatic heterocycles. The Bertz CT molecular complexity index is 140. The molecular weight excluding hydrogens is 168 g/mol. The Morgan fingerprint density at radius 3 is 2.38 bits per heavy atom. The summed E-state index contributed by atoms with van der Waals surface area (Å²) in [6.45, 7) is 0. The van der Waals surface area contributed by atoms with Crippen molar-refractivity contribution >= 4 is 22.8 Å². The summed E-state index contributed by atoms with van der Waals surface area (Å²) in [6.07, 6.45) is 1.66. The van der Waals surface area contributed by atoms with Crippen molar-refractivity contribution in [2.24, 2.45) is 0 Å². The molecule has 0 aromatic carbocycles. The van der Waals surface area contributed by atoms with Crippen LogP contribution in [0.3, 0.4) is 0 Å². The van der Waals surface area contributed by atoms with Gasteiger partial charge < -0.3 is 5.73 Å². The van der Waals surface area contributed by atoms with E-state index >= 15 is 0 Å². The van der Waals surface area contributed by atoms with Crippen molar-refractivity contribution in [3.63, 3.8) is 0 Å². The molecule has 44 valence electrons. The maximum Gasteiger partial charge on any atom is 0.123 e. The number of rotatable bonds is 0. The molecule has 8 heavy (non-hydrogen) atoms. The van der Waals surface area contributed by atoms with E-state index in [0.29, 0.717) is 5.82 Å². The Labute approximate surface area is 58.5 Å². The van der Waals surface area contributed by atoms with Crippen LogP contribution < -0.4 is 5.73 Å². The first kappa shape index (κ1) is 7.43. The molecule has 0 bridgehead atoms. The predicted molar refractivity (Wildman–Crippen MR) is 39.0 cm³/mol. The highest BCUT2D eigenvalue weighted by atomic mass is 79.9. The van der Waals surface area contributed by atoms with Crippen molar-refractivity contribution in [3.8, 4) is 0 Å². The number of pyridine rings is 1. The largest absolute Gasteiger partial charge is 0.384 e. The van der Waals surface area contributed by atoms with E-state index in [-0.39, 0.29) is 17.0 Å². The SMILES string of the molecule is Br.Nc1ccccn1. The molecule has 0 spiro atoms. The summed E-state index contributed by atoms with van der Waals surface area (Å²) in [5.74, 6) is 0.572. The van der Waals surface area contributed by atoms with Gasteiger partial charge in [0.15, 0.2) is 0 Å². The van der Waals surface area contributed by atoms with Crippen LogP contribution >= 0.6 is 17.0 Å².